The molecule has 5 atom stereocenters. The molecule has 1 saturated carbocycles. The summed E-state index contributed by atoms with van der Waals surface area (Å²) in [5, 5.41) is 0. The van der Waals surface area contributed by atoms with E-state index in [1.165, 1.54) is 64.2 Å². The number of rotatable bonds is 11. The predicted molar refractivity (Wildman–Crippen MR) is 94.2 cm³/mol. The van der Waals surface area contributed by atoms with Crippen LogP contribution >= 0.6 is 0 Å². The topological polar surface area (TPSA) is 52.0 Å². The maximum absolute atomic E-state index is 6.29. The number of hydrogen-bond donors (Lipinski definition) is 2. The Labute approximate surface area is 133 Å². The zero-order chi connectivity index (χ0) is 15.9. The standard InChI is InChI=1S/C19H40N2/c1-5-8-9-17(20)12-11-16(6-2)19(4,7-3)14-15-10-13-18(15)21/h15-18H,5-14,20-21H2,1-4H3. The molecule has 0 heterocycles. The van der Waals surface area contributed by atoms with Crippen LogP contribution in [-0.2, 0) is 0 Å². The van der Waals surface area contributed by atoms with Gasteiger partial charge in [0.05, 0.1) is 0 Å². The van der Waals surface area contributed by atoms with E-state index < -0.39 is 0 Å². The van der Waals surface area contributed by atoms with Crippen LogP contribution in [0, 0.1) is 17.3 Å². The summed E-state index contributed by atoms with van der Waals surface area (Å²) in [5.41, 5.74) is 12.9. The van der Waals surface area contributed by atoms with Gasteiger partial charge in [-0.3, -0.25) is 0 Å². The first kappa shape index (κ1) is 19.0. The molecule has 0 saturated heterocycles. The van der Waals surface area contributed by atoms with Gasteiger partial charge in [-0.05, 0) is 55.8 Å². The lowest BCUT2D eigenvalue weighted by Crippen LogP contribution is -2.43. The van der Waals surface area contributed by atoms with Crippen molar-refractivity contribution in [3.8, 4) is 0 Å². The summed E-state index contributed by atoms with van der Waals surface area (Å²) < 4.78 is 0. The van der Waals surface area contributed by atoms with Crippen molar-refractivity contribution >= 4 is 0 Å². The second kappa shape index (κ2) is 9.15. The zero-order valence-corrected chi connectivity index (χ0v) is 15.0. The first-order chi connectivity index (χ1) is 9.96. The second-order valence-corrected chi connectivity index (χ2v) is 7.80. The minimum atomic E-state index is 0.408. The first-order valence-electron chi connectivity index (χ1n) is 9.47. The van der Waals surface area contributed by atoms with Crippen LogP contribution in [0.3, 0.4) is 0 Å². The molecule has 21 heavy (non-hydrogen) atoms. The third-order valence-corrected chi connectivity index (χ3v) is 6.31. The highest BCUT2D eigenvalue weighted by Crippen LogP contribution is 2.46. The molecule has 1 aliphatic carbocycles. The van der Waals surface area contributed by atoms with Crippen molar-refractivity contribution in [3.05, 3.63) is 0 Å². The summed E-state index contributed by atoms with van der Waals surface area (Å²) in [4.78, 5) is 0. The molecule has 126 valence electrons. The molecule has 2 nitrogen and oxygen atoms in total. The van der Waals surface area contributed by atoms with Crippen LogP contribution in [0.2, 0.25) is 0 Å². The minimum absolute atomic E-state index is 0.408. The lowest BCUT2D eigenvalue weighted by Gasteiger charge is -2.45. The van der Waals surface area contributed by atoms with Crippen molar-refractivity contribution in [1.82, 2.24) is 0 Å². The molecule has 0 aliphatic heterocycles. The number of nitrogens with two attached hydrogens (primary N) is 2. The van der Waals surface area contributed by atoms with Crippen LogP contribution in [0.4, 0.5) is 0 Å². The van der Waals surface area contributed by atoms with Crippen molar-refractivity contribution in [3.63, 3.8) is 0 Å². The Morgan fingerprint density at radius 3 is 2.24 bits per heavy atom. The van der Waals surface area contributed by atoms with Crippen molar-refractivity contribution in [2.45, 2.75) is 104 Å². The highest BCUT2D eigenvalue weighted by Gasteiger charge is 2.38. The number of unbranched alkanes of at least 4 members (excludes halogenated alkanes) is 1. The van der Waals surface area contributed by atoms with Gasteiger partial charge in [0.15, 0.2) is 0 Å². The van der Waals surface area contributed by atoms with E-state index in [0.29, 0.717) is 17.5 Å². The van der Waals surface area contributed by atoms with Crippen LogP contribution in [0.25, 0.3) is 0 Å². The lowest BCUT2D eigenvalue weighted by atomic mass is 9.62. The Balaban J connectivity index is 2.49. The largest absolute Gasteiger partial charge is 0.328 e. The lowest BCUT2D eigenvalue weighted by molar-refractivity contribution is 0.0773. The Morgan fingerprint density at radius 1 is 1.10 bits per heavy atom. The van der Waals surface area contributed by atoms with Gasteiger partial charge in [0.25, 0.3) is 0 Å². The normalized spacial score (nSPS) is 27.7. The summed E-state index contributed by atoms with van der Waals surface area (Å²) in [5.74, 6) is 1.58. The molecule has 2 heteroatoms. The van der Waals surface area contributed by atoms with Gasteiger partial charge >= 0.3 is 0 Å². The van der Waals surface area contributed by atoms with Gasteiger partial charge in [-0.25, -0.2) is 0 Å². The second-order valence-electron chi connectivity index (χ2n) is 7.80. The fourth-order valence-electron chi connectivity index (χ4n) is 4.12. The molecular formula is C19H40N2. The fourth-order valence-corrected chi connectivity index (χ4v) is 4.12. The molecule has 1 rings (SSSR count). The maximum atomic E-state index is 6.29. The quantitative estimate of drug-likeness (QED) is 0.572. The summed E-state index contributed by atoms with van der Waals surface area (Å²) in [6.45, 7) is 9.47. The molecular weight excluding hydrogens is 256 g/mol. The van der Waals surface area contributed by atoms with Crippen molar-refractivity contribution < 1.29 is 0 Å². The highest BCUT2D eigenvalue weighted by molar-refractivity contribution is 4.91. The zero-order valence-electron chi connectivity index (χ0n) is 15.0. The molecule has 0 aromatic heterocycles. The Bertz CT molecular complexity index is 279. The maximum Gasteiger partial charge on any atom is 0.00674 e. The van der Waals surface area contributed by atoms with Gasteiger partial charge < -0.3 is 11.5 Å². The van der Waals surface area contributed by atoms with Crippen LogP contribution in [-0.4, -0.2) is 12.1 Å². The Hall–Kier alpha value is -0.0800. The van der Waals surface area contributed by atoms with Crippen LogP contribution < -0.4 is 11.5 Å². The third kappa shape index (κ3) is 5.56. The average molecular weight is 297 g/mol. The number of hydrogen-bond acceptors (Lipinski definition) is 2. The van der Waals surface area contributed by atoms with Crippen LogP contribution in [0.5, 0.6) is 0 Å². The smallest absolute Gasteiger partial charge is 0.00674 e. The SMILES string of the molecule is CCCCC(N)CCC(CC)C(C)(CC)CC1CCC1N. The van der Waals surface area contributed by atoms with Gasteiger partial charge in [0.2, 0.25) is 0 Å². The predicted octanol–water partition coefficient (Wildman–Crippen LogP) is 4.85. The summed E-state index contributed by atoms with van der Waals surface area (Å²) >= 11 is 0. The first-order valence-corrected chi connectivity index (χ1v) is 9.47. The van der Waals surface area contributed by atoms with E-state index in [0.717, 1.165) is 11.8 Å². The van der Waals surface area contributed by atoms with E-state index in [2.05, 4.69) is 27.7 Å². The summed E-state index contributed by atoms with van der Waals surface area (Å²) in [6, 6.07) is 0.881. The van der Waals surface area contributed by atoms with Crippen LogP contribution in [0.15, 0.2) is 0 Å². The minimum Gasteiger partial charge on any atom is -0.328 e. The van der Waals surface area contributed by atoms with Crippen LogP contribution in [0.1, 0.15) is 91.9 Å². The molecule has 0 radical (unpaired) electrons. The monoisotopic (exact) mass is 296 g/mol. The van der Waals surface area contributed by atoms with E-state index in [9.17, 15) is 0 Å². The van der Waals surface area contributed by atoms with Gasteiger partial charge in [0.1, 0.15) is 0 Å². The molecule has 0 amide bonds. The summed E-state index contributed by atoms with van der Waals surface area (Å²) in [6.07, 6.45) is 12.7. The van der Waals surface area contributed by atoms with E-state index in [-0.39, 0.29) is 0 Å². The van der Waals surface area contributed by atoms with Crippen molar-refractivity contribution in [1.29, 1.82) is 0 Å². The average Bonchev–Trinajstić information content (AvgIpc) is 2.49. The molecule has 5 unspecified atom stereocenters. The van der Waals surface area contributed by atoms with E-state index in [1.54, 1.807) is 0 Å². The van der Waals surface area contributed by atoms with Gasteiger partial charge in [0, 0.05) is 12.1 Å². The van der Waals surface area contributed by atoms with Crippen molar-refractivity contribution in [2.24, 2.45) is 28.7 Å². The van der Waals surface area contributed by atoms with Gasteiger partial charge in [-0.2, -0.15) is 0 Å². The highest BCUT2D eigenvalue weighted by atomic mass is 14.7. The van der Waals surface area contributed by atoms with E-state index >= 15 is 0 Å². The van der Waals surface area contributed by atoms with Gasteiger partial charge in [-0.1, -0.05) is 53.4 Å². The fraction of sp³-hybridized carbons (Fsp3) is 1.00. The Morgan fingerprint density at radius 2 is 1.81 bits per heavy atom. The molecule has 0 spiro atoms. The van der Waals surface area contributed by atoms with Crippen molar-refractivity contribution in [2.75, 3.05) is 0 Å². The summed E-state index contributed by atoms with van der Waals surface area (Å²) in [7, 11) is 0. The third-order valence-electron chi connectivity index (χ3n) is 6.31. The molecule has 0 aromatic rings. The Kier molecular flexibility index (Phi) is 8.26. The van der Waals surface area contributed by atoms with E-state index in [4.69, 9.17) is 11.5 Å². The molecule has 4 N–H and O–H groups in total. The van der Waals surface area contributed by atoms with E-state index in [1.807, 2.05) is 0 Å². The molecule has 1 fully saturated rings. The molecule has 0 bridgehead atoms. The molecule has 1 aliphatic rings. The van der Waals surface area contributed by atoms with Gasteiger partial charge in [-0.15, -0.1) is 0 Å². The molecule has 0 aromatic carbocycles.